The van der Waals surface area contributed by atoms with Gasteiger partial charge in [-0.3, -0.25) is 4.79 Å². The molecule has 0 aliphatic carbocycles. The van der Waals surface area contributed by atoms with Crippen molar-refractivity contribution in [3.8, 4) is 5.75 Å². The summed E-state index contributed by atoms with van der Waals surface area (Å²) in [5.74, 6) is -0.915. The van der Waals surface area contributed by atoms with E-state index >= 15 is 0 Å². The van der Waals surface area contributed by atoms with E-state index in [1.807, 2.05) is 6.07 Å². The van der Waals surface area contributed by atoms with E-state index < -0.39 is 5.97 Å². The summed E-state index contributed by atoms with van der Waals surface area (Å²) in [5.41, 5.74) is 0.928. The molecule has 1 aromatic rings. The van der Waals surface area contributed by atoms with Gasteiger partial charge in [-0.25, -0.2) is 0 Å². The number of benzene rings is 1. The lowest BCUT2D eigenvalue weighted by molar-refractivity contribution is -0.142. The van der Waals surface area contributed by atoms with E-state index in [4.69, 9.17) is 0 Å². The summed E-state index contributed by atoms with van der Waals surface area (Å²) in [6, 6.07) is 7.30. The minimum atomic E-state index is -0.738. The zero-order valence-electron chi connectivity index (χ0n) is 9.34. The summed E-state index contributed by atoms with van der Waals surface area (Å²) in [6.45, 7) is 0. The van der Waals surface area contributed by atoms with E-state index in [1.54, 1.807) is 18.2 Å². The van der Waals surface area contributed by atoms with Gasteiger partial charge in [-0.15, -0.1) is 0 Å². The predicted octanol–water partition coefficient (Wildman–Crippen LogP) is 1.31. The van der Waals surface area contributed by atoms with Crippen molar-refractivity contribution in [3.05, 3.63) is 29.8 Å². The molecule has 2 heterocycles. The summed E-state index contributed by atoms with van der Waals surface area (Å²) in [6.07, 6.45) is 1.96. The van der Waals surface area contributed by atoms with Crippen molar-refractivity contribution >= 4 is 5.97 Å². The zero-order valence-corrected chi connectivity index (χ0v) is 9.34. The quantitative estimate of drug-likeness (QED) is 0.720. The molecule has 4 atom stereocenters. The Morgan fingerprint density at radius 2 is 2.06 bits per heavy atom. The van der Waals surface area contributed by atoms with E-state index in [0.717, 1.165) is 18.4 Å². The van der Waals surface area contributed by atoms with Crippen LogP contribution in [0.25, 0.3) is 0 Å². The average molecular weight is 233 g/mol. The fraction of sp³-hybridized carbons (Fsp3) is 0.462. The molecule has 4 unspecified atom stereocenters. The van der Waals surface area contributed by atoms with Gasteiger partial charge in [0.25, 0.3) is 0 Å². The van der Waals surface area contributed by atoms with Crippen LogP contribution >= 0.6 is 0 Å². The van der Waals surface area contributed by atoms with E-state index in [2.05, 4.69) is 5.32 Å². The van der Waals surface area contributed by atoms with Crippen LogP contribution in [0.5, 0.6) is 5.75 Å². The maximum atomic E-state index is 11.4. The van der Waals surface area contributed by atoms with Crippen molar-refractivity contribution < 1.29 is 15.0 Å². The van der Waals surface area contributed by atoms with Gasteiger partial charge < -0.3 is 15.5 Å². The number of nitrogens with one attached hydrogen (secondary N) is 1. The molecule has 2 fully saturated rings. The van der Waals surface area contributed by atoms with Crippen molar-refractivity contribution in [2.45, 2.75) is 30.8 Å². The number of carboxylic acids is 1. The van der Waals surface area contributed by atoms with Gasteiger partial charge in [-0.05, 0) is 30.5 Å². The molecule has 2 bridgehead atoms. The van der Waals surface area contributed by atoms with E-state index in [9.17, 15) is 15.0 Å². The second kappa shape index (κ2) is 3.74. The Labute approximate surface area is 99.3 Å². The van der Waals surface area contributed by atoms with Crippen molar-refractivity contribution in [3.63, 3.8) is 0 Å². The monoisotopic (exact) mass is 233 g/mol. The fourth-order valence-electron chi connectivity index (χ4n) is 3.37. The summed E-state index contributed by atoms with van der Waals surface area (Å²) in [7, 11) is 0. The summed E-state index contributed by atoms with van der Waals surface area (Å²) in [5, 5.41) is 22.2. The van der Waals surface area contributed by atoms with Gasteiger partial charge in [0.15, 0.2) is 0 Å². The molecule has 90 valence electrons. The molecule has 3 rings (SSSR count). The number of phenolic OH excluding ortho intramolecular Hbond substituents is 1. The van der Waals surface area contributed by atoms with Crippen LogP contribution < -0.4 is 5.32 Å². The lowest BCUT2D eigenvalue weighted by Gasteiger charge is -2.26. The molecular weight excluding hydrogens is 218 g/mol. The molecule has 1 aromatic carbocycles. The van der Waals surface area contributed by atoms with E-state index in [-0.39, 0.29) is 29.7 Å². The van der Waals surface area contributed by atoms with Gasteiger partial charge in [0.2, 0.25) is 0 Å². The maximum absolute atomic E-state index is 11.4. The SMILES string of the molecule is O=C(O)C1C2CCC(N2)C1c1cccc(O)c1. The lowest BCUT2D eigenvalue weighted by atomic mass is 9.75. The molecule has 2 aliphatic rings. The highest BCUT2D eigenvalue weighted by atomic mass is 16.4. The summed E-state index contributed by atoms with van der Waals surface area (Å²) >= 11 is 0. The van der Waals surface area contributed by atoms with Gasteiger partial charge in [-0.2, -0.15) is 0 Å². The second-order valence-corrected chi connectivity index (χ2v) is 4.94. The Balaban J connectivity index is 1.98. The third-order valence-electron chi connectivity index (χ3n) is 4.01. The zero-order chi connectivity index (χ0) is 12.0. The fourth-order valence-corrected chi connectivity index (χ4v) is 3.37. The van der Waals surface area contributed by atoms with Crippen molar-refractivity contribution in [2.75, 3.05) is 0 Å². The summed E-state index contributed by atoms with van der Waals surface area (Å²) in [4.78, 5) is 11.4. The van der Waals surface area contributed by atoms with Gasteiger partial charge in [0, 0.05) is 18.0 Å². The van der Waals surface area contributed by atoms with Crippen LogP contribution in [0, 0.1) is 5.92 Å². The van der Waals surface area contributed by atoms with Crippen LogP contribution in [-0.2, 0) is 4.79 Å². The Kier molecular flexibility index (Phi) is 2.33. The molecular formula is C13H15NO3. The van der Waals surface area contributed by atoms with Crippen LogP contribution in [0.15, 0.2) is 24.3 Å². The van der Waals surface area contributed by atoms with Crippen LogP contribution in [0.2, 0.25) is 0 Å². The van der Waals surface area contributed by atoms with Crippen LogP contribution in [0.1, 0.15) is 24.3 Å². The largest absolute Gasteiger partial charge is 0.508 e. The number of phenols is 1. The van der Waals surface area contributed by atoms with Crippen LogP contribution in [0.3, 0.4) is 0 Å². The molecule has 0 radical (unpaired) electrons. The molecule has 0 spiro atoms. The molecule has 0 aromatic heterocycles. The van der Waals surface area contributed by atoms with Gasteiger partial charge in [-0.1, -0.05) is 12.1 Å². The minimum absolute atomic E-state index is 0.0154. The average Bonchev–Trinajstić information content (AvgIpc) is 2.88. The van der Waals surface area contributed by atoms with Crippen LogP contribution in [0.4, 0.5) is 0 Å². The lowest BCUT2D eigenvalue weighted by Crippen LogP contribution is -2.32. The smallest absolute Gasteiger partial charge is 0.308 e. The first-order valence-electron chi connectivity index (χ1n) is 5.94. The highest BCUT2D eigenvalue weighted by Gasteiger charge is 2.51. The molecule has 4 nitrogen and oxygen atoms in total. The number of hydrogen-bond donors (Lipinski definition) is 3. The number of carboxylic acid groups (broad SMARTS) is 1. The maximum Gasteiger partial charge on any atom is 0.308 e. The van der Waals surface area contributed by atoms with Crippen LogP contribution in [-0.4, -0.2) is 28.3 Å². The Hall–Kier alpha value is -1.55. The normalized spacial score (nSPS) is 35.1. The Bertz CT molecular complexity index is 460. The highest BCUT2D eigenvalue weighted by molar-refractivity contribution is 5.73. The van der Waals surface area contributed by atoms with Gasteiger partial charge in [0.05, 0.1) is 5.92 Å². The Morgan fingerprint density at radius 3 is 2.76 bits per heavy atom. The highest BCUT2D eigenvalue weighted by Crippen LogP contribution is 2.45. The van der Waals surface area contributed by atoms with Gasteiger partial charge in [0.1, 0.15) is 5.75 Å². The molecule has 2 saturated heterocycles. The first-order valence-corrected chi connectivity index (χ1v) is 5.94. The third-order valence-corrected chi connectivity index (χ3v) is 4.01. The number of aromatic hydroxyl groups is 1. The molecule has 0 amide bonds. The number of rotatable bonds is 2. The first kappa shape index (κ1) is 10.6. The van der Waals surface area contributed by atoms with Gasteiger partial charge >= 0.3 is 5.97 Å². The number of aliphatic carboxylic acids is 1. The predicted molar refractivity (Wildman–Crippen MR) is 61.9 cm³/mol. The number of hydrogen-bond acceptors (Lipinski definition) is 3. The first-order chi connectivity index (χ1) is 8.16. The molecule has 0 saturated carbocycles. The van der Waals surface area contributed by atoms with Crippen molar-refractivity contribution in [2.24, 2.45) is 5.92 Å². The summed E-state index contributed by atoms with van der Waals surface area (Å²) < 4.78 is 0. The standard InChI is InChI=1S/C13H15NO3/c15-8-3-1-2-7(6-8)11-9-4-5-10(14-9)12(11)13(16)17/h1-3,6,9-12,14-15H,4-5H2,(H,16,17). The molecule has 4 heteroatoms. The third kappa shape index (κ3) is 1.60. The number of fused-ring (bicyclic) bond motifs is 2. The number of carbonyl (C=O) groups is 1. The molecule has 3 N–H and O–H groups in total. The second-order valence-electron chi connectivity index (χ2n) is 4.94. The van der Waals surface area contributed by atoms with E-state index in [0.29, 0.717) is 0 Å². The van der Waals surface area contributed by atoms with Crippen molar-refractivity contribution in [1.29, 1.82) is 0 Å². The minimum Gasteiger partial charge on any atom is -0.508 e. The van der Waals surface area contributed by atoms with E-state index in [1.165, 1.54) is 0 Å². The Morgan fingerprint density at radius 1 is 1.29 bits per heavy atom. The van der Waals surface area contributed by atoms with Crippen molar-refractivity contribution in [1.82, 2.24) is 5.32 Å². The molecule has 17 heavy (non-hydrogen) atoms. The molecule has 2 aliphatic heterocycles. The topological polar surface area (TPSA) is 69.6 Å².